The molecule has 0 spiro atoms. The second-order valence-electron chi connectivity index (χ2n) is 5.47. The largest absolute Gasteiger partial charge is 0.486 e. The quantitative estimate of drug-likeness (QED) is 0.684. The van der Waals surface area contributed by atoms with E-state index in [1.807, 2.05) is 36.4 Å². The van der Waals surface area contributed by atoms with Gasteiger partial charge in [0, 0.05) is 11.1 Å². The van der Waals surface area contributed by atoms with Crippen molar-refractivity contribution in [2.24, 2.45) is 0 Å². The Kier molecular flexibility index (Phi) is 2.92. The van der Waals surface area contributed by atoms with E-state index in [4.69, 9.17) is 9.47 Å². The predicted octanol–water partition coefficient (Wildman–Crippen LogP) is 3.33. The number of allylic oxidation sites excluding steroid dienone is 4. The van der Waals surface area contributed by atoms with E-state index in [0.717, 1.165) is 53.1 Å². The van der Waals surface area contributed by atoms with Crippen LogP contribution in [0.15, 0.2) is 59.1 Å². The smallest absolute Gasteiger partial charge is 0.189 e. The van der Waals surface area contributed by atoms with E-state index >= 15 is 0 Å². The van der Waals surface area contributed by atoms with Crippen LogP contribution in [0.25, 0.3) is 0 Å². The van der Waals surface area contributed by atoms with Gasteiger partial charge in [0.2, 0.25) is 0 Å². The first kappa shape index (κ1) is 12.5. The molecule has 1 aromatic carbocycles. The van der Waals surface area contributed by atoms with E-state index in [1.54, 1.807) is 0 Å². The Morgan fingerprint density at radius 2 is 1.76 bits per heavy atom. The second-order valence-corrected chi connectivity index (χ2v) is 5.47. The molecular weight excluding hydrogens is 264 g/mol. The zero-order valence-corrected chi connectivity index (χ0v) is 11.7. The zero-order valence-electron chi connectivity index (χ0n) is 11.7. The summed E-state index contributed by atoms with van der Waals surface area (Å²) < 4.78 is 11.2. The zero-order chi connectivity index (χ0) is 14.2. The molecule has 1 fully saturated rings. The maximum atomic E-state index is 12.7. The topological polar surface area (TPSA) is 35.5 Å². The van der Waals surface area contributed by atoms with E-state index in [1.165, 1.54) is 0 Å². The van der Waals surface area contributed by atoms with Crippen LogP contribution in [0, 0.1) is 0 Å². The monoisotopic (exact) mass is 280 g/mol. The molecule has 106 valence electrons. The van der Waals surface area contributed by atoms with Crippen molar-refractivity contribution in [1.82, 2.24) is 0 Å². The van der Waals surface area contributed by atoms with Crippen LogP contribution >= 0.6 is 0 Å². The van der Waals surface area contributed by atoms with Crippen molar-refractivity contribution < 1.29 is 14.3 Å². The van der Waals surface area contributed by atoms with Gasteiger partial charge in [-0.3, -0.25) is 4.79 Å². The number of carbonyl (C=O) groups is 1. The summed E-state index contributed by atoms with van der Waals surface area (Å²) in [4.78, 5) is 12.7. The molecule has 0 saturated carbocycles. The second kappa shape index (κ2) is 4.92. The third-order valence-corrected chi connectivity index (χ3v) is 4.22. The highest BCUT2D eigenvalue weighted by Gasteiger charge is 2.26. The molecule has 0 radical (unpaired) electrons. The Labute approximate surface area is 123 Å². The van der Waals surface area contributed by atoms with Gasteiger partial charge < -0.3 is 9.47 Å². The normalized spacial score (nSPS) is 24.1. The lowest BCUT2D eigenvalue weighted by molar-refractivity contribution is 0.0580. The van der Waals surface area contributed by atoms with Crippen molar-refractivity contribution in [2.45, 2.75) is 19.3 Å². The number of fused-ring (bicyclic) bond motifs is 2. The summed E-state index contributed by atoms with van der Waals surface area (Å²) in [6, 6.07) is 7.90. The first-order chi connectivity index (χ1) is 10.3. The fourth-order valence-electron chi connectivity index (χ4n) is 3.15. The Hall–Kier alpha value is -2.29. The fourth-order valence-corrected chi connectivity index (χ4v) is 3.15. The molecule has 0 amide bonds. The molecule has 1 saturated heterocycles. The van der Waals surface area contributed by atoms with Crippen LogP contribution < -0.4 is 0 Å². The molecule has 1 heterocycles. The lowest BCUT2D eigenvalue weighted by atomic mass is 9.83. The van der Waals surface area contributed by atoms with Crippen LogP contribution in [0.2, 0.25) is 0 Å². The van der Waals surface area contributed by atoms with Crippen LogP contribution in [0.1, 0.15) is 28.8 Å². The molecule has 2 aliphatic carbocycles. The van der Waals surface area contributed by atoms with Gasteiger partial charge in [-0.2, -0.15) is 0 Å². The molecule has 0 atom stereocenters. The molecule has 21 heavy (non-hydrogen) atoms. The molecular formula is C18H16O3. The van der Waals surface area contributed by atoms with Crippen molar-refractivity contribution >= 4 is 5.78 Å². The highest BCUT2D eigenvalue weighted by molar-refractivity contribution is 6.11. The average Bonchev–Trinajstić information content (AvgIpc) is 2.55. The van der Waals surface area contributed by atoms with Crippen LogP contribution in [-0.4, -0.2) is 19.0 Å². The number of ether oxygens (including phenoxy) is 2. The molecule has 0 unspecified atom stereocenters. The molecule has 3 heteroatoms. The van der Waals surface area contributed by atoms with E-state index in [2.05, 4.69) is 0 Å². The van der Waals surface area contributed by atoms with Gasteiger partial charge in [0.05, 0.1) is 0 Å². The Morgan fingerprint density at radius 3 is 2.67 bits per heavy atom. The van der Waals surface area contributed by atoms with Gasteiger partial charge in [0.25, 0.3) is 0 Å². The van der Waals surface area contributed by atoms with E-state index < -0.39 is 0 Å². The number of aryl methyl sites for hydroxylation is 1. The van der Waals surface area contributed by atoms with Crippen LogP contribution in [-0.2, 0) is 15.9 Å². The summed E-state index contributed by atoms with van der Waals surface area (Å²) in [6.45, 7) is 1.17. The molecule has 4 rings (SSSR count). The third-order valence-electron chi connectivity index (χ3n) is 4.22. The summed E-state index contributed by atoms with van der Waals surface area (Å²) in [5.74, 6) is 1.74. The first-order valence-electron chi connectivity index (χ1n) is 7.35. The molecule has 1 aromatic rings. The Bertz CT molecular complexity index is 707. The Balaban J connectivity index is 1.73. The summed E-state index contributed by atoms with van der Waals surface area (Å²) in [7, 11) is 0. The minimum absolute atomic E-state index is 0.164. The van der Waals surface area contributed by atoms with Crippen LogP contribution in [0.3, 0.4) is 0 Å². The van der Waals surface area contributed by atoms with Gasteiger partial charge in [-0.15, -0.1) is 0 Å². The van der Waals surface area contributed by atoms with Gasteiger partial charge in [-0.1, -0.05) is 24.3 Å². The lowest BCUT2D eigenvalue weighted by Crippen LogP contribution is -2.19. The highest BCUT2D eigenvalue weighted by Crippen LogP contribution is 2.33. The summed E-state index contributed by atoms with van der Waals surface area (Å²) in [6.07, 6.45) is 6.47. The molecule has 0 bridgehead atoms. The van der Waals surface area contributed by atoms with Gasteiger partial charge in [0.1, 0.15) is 13.2 Å². The van der Waals surface area contributed by atoms with E-state index in [0.29, 0.717) is 13.2 Å². The summed E-state index contributed by atoms with van der Waals surface area (Å²) in [5, 5.41) is 0. The van der Waals surface area contributed by atoms with Gasteiger partial charge >= 0.3 is 0 Å². The first-order valence-corrected chi connectivity index (χ1v) is 7.35. The van der Waals surface area contributed by atoms with Crippen molar-refractivity contribution in [3.8, 4) is 0 Å². The number of hydrogen-bond donors (Lipinski definition) is 0. The van der Waals surface area contributed by atoms with Gasteiger partial charge in [-0.25, -0.2) is 0 Å². The molecule has 0 aromatic heterocycles. The summed E-state index contributed by atoms with van der Waals surface area (Å²) >= 11 is 0. The fraction of sp³-hybridized carbons (Fsp3) is 0.278. The van der Waals surface area contributed by atoms with Crippen molar-refractivity contribution in [3.63, 3.8) is 0 Å². The van der Waals surface area contributed by atoms with Gasteiger partial charge in [-0.05, 0) is 42.6 Å². The number of Topliss-reactive ketones (excluding diaryl/α,β-unsaturated/α-hetero) is 1. The standard InChI is InChI=1S/C18H16O3/c19-18-14-4-2-1-3-12(14)5-7-15(18)13-6-8-16-17(11-13)21-10-9-20-16/h1-4,8,11H,5-7,9-10H2. The predicted molar refractivity (Wildman–Crippen MR) is 78.8 cm³/mol. The highest BCUT2D eigenvalue weighted by atomic mass is 16.6. The summed E-state index contributed by atoms with van der Waals surface area (Å²) in [5.41, 5.74) is 3.99. The number of ketones is 1. The lowest BCUT2D eigenvalue weighted by Gasteiger charge is -2.26. The minimum Gasteiger partial charge on any atom is -0.486 e. The minimum atomic E-state index is 0.164. The number of benzene rings is 1. The third kappa shape index (κ3) is 2.09. The van der Waals surface area contributed by atoms with Crippen molar-refractivity contribution in [3.05, 3.63) is 70.2 Å². The average molecular weight is 280 g/mol. The molecule has 1 aliphatic heterocycles. The maximum absolute atomic E-state index is 12.7. The number of hydrogen-bond acceptors (Lipinski definition) is 3. The maximum Gasteiger partial charge on any atom is 0.189 e. The van der Waals surface area contributed by atoms with E-state index in [-0.39, 0.29) is 5.78 Å². The Morgan fingerprint density at radius 1 is 0.952 bits per heavy atom. The molecule has 0 N–H and O–H groups in total. The molecule has 3 nitrogen and oxygen atoms in total. The number of carbonyl (C=O) groups excluding carboxylic acids is 1. The van der Waals surface area contributed by atoms with Crippen molar-refractivity contribution in [2.75, 3.05) is 13.2 Å². The van der Waals surface area contributed by atoms with Crippen molar-refractivity contribution in [1.29, 1.82) is 0 Å². The van der Waals surface area contributed by atoms with E-state index in [9.17, 15) is 4.79 Å². The van der Waals surface area contributed by atoms with Crippen LogP contribution in [0.4, 0.5) is 0 Å². The van der Waals surface area contributed by atoms with Gasteiger partial charge in [0.15, 0.2) is 17.3 Å². The van der Waals surface area contributed by atoms with Crippen LogP contribution in [0.5, 0.6) is 0 Å². The molecule has 3 aliphatic rings. The number of rotatable bonds is 0. The SMILES string of the molecule is O=C1C(=C2C=C3OCCOC3=CC2)CCc2ccccc21.